The first-order valence-corrected chi connectivity index (χ1v) is 10.7. The molecule has 3 aliphatic rings. The van der Waals surface area contributed by atoms with Gasteiger partial charge < -0.3 is 10.6 Å². The Balaban J connectivity index is 1.44. The topological polar surface area (TPSA) is 66.6 Å². The van der Waals surface area contributed by atoms with Gasteiger partial charge in [-0.1, -0.05) is 12.1 Å². The van der Waals surface area contributed by atoms with Gasteiger partial charge in [0.25, 0.3) is 5.91 Å². The molecule has 1 heterocycles. The van der Waals surface area contributed by atoms with Gasteiger partial charge in [0.2, 0.25) is 5.91 Å². The molecule has 0 spiro atoms. The third-order valence-corrected chi connectivity index (χ3v) is 6.97. The van der Waals surface area contributed by atoms with Gasteiger partial charge in [-0.15, -0.1) is 0 Å². The number of halogens is 3. The minimum atomic E-state index is -4.30. The number of piperidine rings is 1. The van der Waals surface area contributed by atoms with E-state index in [2.05, 4.69) is 4.90 Å². The predicted molar refractivity (Wildman–Crippen MR) is 106 cm³/mol. The molecule has 0 aromatic heterocycles. The SMILES string of the molecule is C[C@H](c1ccc(C(=O)N(C2CC2)C2CCN(C3(C(N)=O)CC3)CC2)cc1)C(F)(F)F. The van der Waals surface area contributed by atoms with Gasteiger partial charge in [0.15, 0.2) is 0 Å². The van der Waals surface area contributed by atoms with E-state index in [1.807, 2.05) is 4.90 Å². The Kier molecular flexibility index (Phi) is 5.33. The number of carbonyl (C=O) groups excluding carboxylic acids is 2. The summed E-state index contributed by atoms with van der Waals surface area (Å²) in [6.07, 6.45) is 0.785. The van der Waals surface area contributed by atoms with Crippen LogP contribution in [0.2, 0.25) is 0 Å². The molecule has 1 aromatic carbocycles. The number of hydrogen-bond donors (Lipinski definition) is 1. The molecule has 2 saturated carbocycles. The van der Waals surface area contributed by atoms with Gasteiger partial charge in [-0.2, -0.15) is 13.2 Å². The number of likely N-dealkylation sites (tertiary alicyclic amines) is 1. The van der Waals surface area contributed by atoms with Crippen molar-refractivity contribution in [1.29, 1.82) is 0 Å². The molecular formula is C22H28F3N3O2. The fourth-order valence-corrected chi connectivity index (χ4v) is 4.64. The largest absolute Gasteiger partial charge is 0.395 e. The number of rotatable bonds is 6. The molecule has 3 fully saturated rings. The number of nitrogens with zero attached hydrogens (tertiary/aromatic N) is 2. The lowest BCUT2D eigenvalue weighted by Gasteiger charge is -2.41. The lowest BCUT2D eigenvalue weighted by Crippen LogP contribution is -2.54. The van der Waals surface area contributed by atoms with Gasteiger partial charge in [-0.05, 0) is 63.1 Å². The smallest absolute Gasteiger partial charge is 0.368 e. The van der Waals surface area contributed by atoms with Crippen LogP contribution in [0, 0.1) is 0 Å². The average Bonchev–Trinajstić information content (AvgIpc) is 3.61. The first-order chi connectivity index (χ1) is 14.1. The highest BCUT2D eigenvalue weighted by Gasteiger charge is 2.54. The third-order valence-electron chi connectivity index (χ3n) is 6.97. The molecule has 2 N–H and O–H groups in total. The van der Waals surface area contributed by atoms with E-state index < -0.39 is 17.6 Å². The summed E-state index contributed by atoms with van der Waals surface area (Å²) >= 11 is 0. The molecule has 2 aliphatic carbocycles. The lowest BCUT2D eigenvalue weighted by molar-refractivity contribution is -0.146. The molecular weight excluding hydrogens is 395 g/mol. The van der Waals surface area contributed by atoms with Crippen LogP contribution in [0.5, 0.6) is 0 Å². The third kappa shape index (κ3) is 3.94. The highest BCUT2D eigenvalue weighted by atomic mass is 19.4. The van der Waals surface area contributed by atoms with Crippen molar-refractivity contribution in [3.05, 3.63) is 35.4 Å². The van der Waals surface area contributed by atoms with Crippen LogP contribution >= 0.6 is 0 Å². The van der Waals surface area contributed by atoms with Crippen LogP contribution in [0.15, 0.2) is 24.3 Å². The normalized spacial score (nSPS) is 23.1. The molecule has 2 amide bonds. The molecule has 0 radical (unpaired) electrons. The Bertz CT molecular complexity index is 808. The molecule has 0 bridgehead atoms. The second-order valence-corrected chi connectivity index (χ2v) is 8.94. The number of primary amides is 1. The number of alkyl halides is 3. The fourth-order valence-electron chi connectivity index (χ4n) is 4.64. The van der Waals surface area contributed by atoms with Crippen molar-refractivity contribution in [3.63, 3.8) is 0 Å². The van der Waals surface area contributed by atoms with Crippen molar-refractivity contribution in [2.24, 2.45) is 5.73 Å². The molecule has 1 atom stereocenters. The average molecular weight is 423 g/mol. The molecule has 1 aliphatic heterocycles. The number of amides is 2. The van der Waals surface area contributed by atoms with E-state index in [-0.39, 0.29) is 29.5 Å². The quantitative estimate of drug-likeness (QED) is 0.762. The molecule has 164 valence electrons. The summed E-state index contributed by atoms with van der Waals surface area (Å²) in [5, 5.41) is 0. The zero-order valence-corrected chi connectivity index (χ0v) is 17.1. The van der Waals surface area contributed by atoms with E-state index in [9.17, 15) is 22.8 Å². The van der Waals surface area contributed by atoms with Gasteiger partial charge in [-0.25, -0.2) is 0 Å². The van der Waals surface area contributed by atoms with Gasteiger partial charge in [0.1, 0.15) is 5.54 Å². The Hall–Kier alpha value is -2.09. The van der Waals surface area contributed by atoms with Crippen LogP contribution in [0.4, 0.5) is 13.2 Å². The zero-order valence-electron chi connectivity index (χ0n) is 17.1. The van der Waals surface area contributed by atoms with E-state index in [4.69, 9.17) is 5.73 Å². The van der Waals surface area contributed by atoms with Crippen molar-refractivity contribution in [3.8, 4) is 0 Å². The molecule has 1 saturated heterocycles. The van der Waals surface area contributed by atoms with Crippen LogP contribution < -0.4 is 5.73 Å². The first-order valence-electron chi connectivity index (χ1n) is 10.7. The Morgan fingerprint density at radius 1 is 1.07 bits per heavy atom. The van der Waals surface area contributed by atoms with E-state index in [0.29, 0.717) is 5.56 Å². The van der Waals surface area contributed by atoms with Crippen molar-refractivity contribution in [2.75, 3.05) is 13.1 Å². The van der Waals surface area contributed by atoms with Crippen LogP contribution in [-0.4, -0.2) is 58.5 Å². The van der Waals surface area contributed by atoms with Crippen LogP contribution in [0.1, 0.15) is 67.3 Å². The molecule has 8 heteroatoms. The van der Waals surface area contributed by atoms with Crippen molar-refractivity contribution in [1.82, 2.24) is 9.80 Å². The molecule has 0 unspecified atom stereocenters. The maximum atomic E-state index is 13.2. The summed E-state index contributed by atoms with van der Waals surface area (Å²) in [6, 6.07) is 6.12. The lowest BCUT2D eigenvalue weighted by atomic mass is 9.97. The Morgan fingerprint density at radius 2 is 1.60 bits per heavy atom. The van der Waals surface area contributed by atoms with Crippen LogP contribution in [0.25, 0.3) is 0 Å². The summed E-state index contributed by atoms with van der Waals surface area (Å²) < 4.78 is 38.8. The summed E-state index contributed by atoms with van der Waals surface area (Å²) in [4.78, 5) is 29.1. The van der Waals surface area contributed by atoms with E-state index in [0.717, 1.165) is 58.5 Å². The summed E-state index contributed by atoms with van der Waals surface area (Å²) in [7, 11) is 0. The summed E-state index contributed by atoms with van der Waals surface area (Å²) in [5.41, 5.74) is 5.69. The van der Waals surface area contributed by atoms with Crippen molar-refractivity contribution >= 4 is 11.8 Å². The van der Waals surface area contributed by atoms with Gasteiger partial charge >= 0.3 is 6.18 Å². The van der Waals surface area contributed by atoms with Crippen LogP contribution in [0.3, 0.4) is 0 Å². The van der Waals surface area contributed by atoms with Gasteiger partial charge in [0.05, 0.1) is 5.92 Å². The Labute approximate surface area is 174 Å². The maximum absolute atomic E-state index is 13.2. The Morgan fingerprint density at radius 3 is 2.03 bits per heavy atom. The fraction of sp³-hybridized carbons (Fsp3) is 0.636. The predicted octanol–water partition coefficient (Wildman–Crippen LogP) is 3.44. The molecule has 1 aromatic rings. The minimum Gasteiger partial charge on any atom is -0.368 e. The highest BCUT2D eigenvalue weighted by molar-refractivity contribution is 5.95. The highest BCUT2D eigenvalue weighted by Crippen LogP contribution is 2.44. The number of nitrogens with two attached hydrogens (primary N) is 1. The zero-order chi connectivity index (χ0) is 21.7. The molecule has 30 heavy (non-hydrogen) atoms. The molecule has 4 rings (SSSR count). The standard InChI is InChI=1S/C22H28F3N3O2/c1-14(22(23,24)25)15-2-4-16(5-3-15)19(29)28(17-6-7-17)18-8-12-27(13-9-18)21(10-11-21)20(26)30/h2-5,14,17-18H,6-13H2,1H3,(H2,26,30)/t14-/m1/s1. The maximum Gasteiger partial charge on any atom is 0.395 e. The summed E-state index contributed by atoms with van der Waals surface area (Å²) in [6.45, 7) is 2.58. The summed E-state index contributed by atoms with van der Waals surface area (Å²) in [5.74, 6) is -1.94. The monoisotopic (exact) mass is 423 g/mol. The van der Waals surface area contributed by atoms with Crippen molar-refractivity contribution in [2.45, 2.75) is 75.2 Å². The second-order valence-electron chi connectivity index (χ2n) is 8.94. The first kappa shape index (κ1) is 21.2. The van der Waals surface area contributed by atoms with Gasteiger partial charge in [-0.3, -0.25) is 14.5 Å². The van der Waals surface area contributed by atoms with E-state index >= 15 is 0 Å². The van der Waals surface area contributed by atoms with Gasteiger partial charge in [0, 0.05) is 30.7 Å². The van der Waals surface area contributed by atoms with Crippen molar-refractivity contribution < 1.29 is 22.8 Å². The van der Waals surface area contributed by atoms with E-state index in [1.54, 1.807) is 0 Å². The van der Waals surface area contributed by atoms with Crippen LogP contribution in [-0.2, 0) is 4.79 Å². The minimum absolute atomic E-state index is 0.0821. The molecule has 5 nitrogen and oxygen atoms in total. The number of benzene rings is 1. The number of hydrogen-bond acceptors (Lipinski definition) is 3. The number of carbonyl (C=O) groups is 2. The van der Waals surface area contributed by atoms with E-state index in [1.165, 1.54) is 24.3 Å². The second kappa shape index (κ2) is 7.55.